The molecule has 1 saturated carbocycles. The summed E-state index contributed by atoms with van der Waals surface area (Å²) in [4.78, 5) is 24.8. The molecule has 6 nitrogen and oxygen atoms in total. The molecule has 1 unspecified atom stereocenters. The van der Waals surface area contributed by atoms with Gasteiger partial charge in [-0.05, 0) is 50.7 Å². The van der Waals surface area contributed by atoms with E-state index in [4.69, 9.17) is 4.52 Å². The van der Waals surface area contributed by atoms with Gasteiger partial charge < -0.3 is 15.2 Å². The first-order valence-electron chi connectivity index (χ1n) is 9.23. The number of nitrogens with one attached hydrogen (secondary N) is 2. The number of amides is 2. The monoisotopic (exact) mass is 353 g/mol. The first-order valence-corrected chi connectivity index (χ1v) is 9.23. The van der Waals surface area contributed by atoms with E-state index in [0.717, 1.165) is 23.3 Å². The van der Waals surface area contributed by atoms with Crippen LogP contribution >= 0.6 is 0 Å². The van der Waals surface area contributed by atoms with E-state index in [9.17, 15) is 9.59 Å². The minimum absolute atomic E-state index is 0.0225. The van der Waals surface area contributed by atoms with Gasteiger partial charge in [0, 0.05) is 30.1 Å². The summed E-state index contributed by atoms with van der Waals surface area (Å²) in [7, 11) is 0. The van der Waals surface area contributed by atoms with Crippen LogP contribution in [-0.4, -0.2) is 29.6 Å². The third-order valence-corrected chi connectivity index (χ3v) is 5.15. The maximum atomic E-state index is 12.4. The summed E-state index contributed by atoms with van der Waals surface area (Å²) in [6, 6.07) is 7.49. The number of aryl methyl sites for hydroxylation is 2. The van der Waals surface area contributed by atoms with Crippen molar-refractivity contribution >= 4 is 11.8 Å². The van der Waals surface area contributed by atoms with Crippen LogP contribution in [0.2, 0.25) is 0 Å². The molecule has 2 aliphatic rings. The van der Waals surface area contributed by atoms with Crippen LogP contribution in [-0.2, 0) is 12.8 Å². The van der Waals surface area contributed by atoms with Gasteiger partial charge in [0.05, 0.1) is 0 Å². The molecular formula is C20H23N3O3. The lowest BCUT2D eigenvalue weighted by Crippen LogP contribution is -2.39. The maximum Gasteiger partial charge on any atom is 0.273 e. The Morgan fingerprint density at radius 1 is 1.15 bits per heavy atom. The molecular weight excluding hydrogens is 330 g/mol. The summed E-state index contributed by atoms with van der Waals surface area (Å²) in [5.41, 5.74) is 2.97. The topological polar surface area (TPSA) is 84.2 Å². The number of carbonyl (C=O) groups excluding carboxylic acids is 2. The van der Waals surface area contributed by atoms with Gasteiger partial charge in [0.15, 0.2) is 5.69 Å². The molecule has 1 aromatic carbocycles. The van der Waals surface area contributed by atoms with E-state index in [2.05, 4.69) is 15.8 Å². The summed E-state index contributed by atoms with van der Waals surface area (Å²) < 4.78 is 5.36. The van der Waals surface area contributed by atoms with Crippen LogP contribution < -0.4 is 10.6 Å². The minimum Gasteiger partial charge on any atom is -0.360 e. The summed E-state index contributed by atoms with van der Waals surface area (Å²) in [5, 5.41) is 9.98. The molecule has 2 N–H and O–H groups in total. The first-order chi connectivity index (χ1) is 12.6. The van der Waals surface area contributed by atoms with E-state index < -0.39 is 0 Å². The van der Waals surface area contributed by atoms with Gasteiger partial charge >= 0.3 is 0 Å². The van der Waals surface area contributed by atoms with Crippen molar-refractivity contribution in [3.8, 4) is 0 Å². The third-order valence-electron chi connectivity index (χ3n) is 5.15. The van der Waals surface area contributed by atoms with Crippen LogP contribution in [0.15, 0.2) is 28.8 Å². The van der Waals surface area contributed by atoms with Gasteiger partial charge in [0.25, 0.3) is 11.8 Å². The predicted molar refractivity (Wildman–Crippen MR) is 96.0 cm³/mol. The highest BCUT2D eigenvalue weighted by atomic mass is 16.5. The molecule has 0 aliphatic heterocycles. The second kappa shape index (κ2) is 6.94. The highest BCUT2D eigenvalue weighted by molar-refractivity contribution is 5.95. The maximum absolute atomic E-state index is 12.4. The zero-order chi connectivity index (χ0) is 18.1. The quantitative estimate of drug-likeness (QED) is 0.864. The van der Waals surface area contributed by atoms with Gasteiger partial charge in [-0.3, -0.25) is 9.59 Å². The largest absolute Gasteiger partial charge is 0.360 e. The van der Waals surface area contributed by atoms with Crippen LogP contribution in [0.25, 0.3) is 0 Å². The van der Waals surface area contributed by atoms with E-state index in [1.807, 2.05) is 31.2 Å². The fourth-order valence-corrected chi connectivity index (χ4v) is 3.32. The molecule has 26 heavy (non-hydrogen) atoms. The lowest BCUT2D eigenvalue weighted by molar-refractivity contribution is 0.0931. The fourth-order valence-electron chi connectivity index (χ4n) is 3.32. The van der Waals surface area contributed by atoms with Gasteiger partial charge in [-0.25, -0.2) is 0 Å². The molecule has 0 bridgehead atoms. The minimum atomic E-state index is -0.174. The molecule has 1 aromatic heterocycles. The molecule has 1 atom stereocenters. The lowest BCUT2D eigenvalue weighted by Gasteiger charge is -2.22. The average Bonchev–Trinajstić information content (AvgIpc) is 3.38. The first kappa shape index (κ1) is 16.8. The summed E-state index contributed by atoms with van der Waals surface area (Å²) in [6.07, 6.45) is 4.40. The lowest BCUT2D eigenvalue weighted by atomic mass is 9.91. The Kier molecular flexibility index (Phi) is 4.49. The predicted octanol–water partition coefficient (Wildman–Crippen LogP) is 2.41. The second-order valence-corrected chi connectivity index (χ2v) is 7.37. The molecule has 1 heterocycles. The molecule has 2 amide bonds. The van der Waals surface area contributed by atoms with Crippen molar-refractivity contribution in [3.63, 3.8) is 0 Å². The van der Waals surface area contributed by atoms with Crippen LogP contribution in [0.3, 0.4) is 0 Å². The molecule has 6 heteroatoms. The smallest absolute Gasteiger partial charge is 0.273 e. The summed E-state index contributed by atoms with van der Waals surface area (Å²) in [5.74, 6) is 1.12. The van der Waals surface area contributed by atoms with Crippen molar-refractivity contribution in [2.75, 3.05) is 6.54 Å². The molecule has 0 spiro atoms. The molecule has 0 radical (unpaired) electrons. The molecule has 0 saturated heterocycles. The Labute approximate surface area is 152 Å². The van der Waals surface area contributed by atoms with Crippen LogP contribution in [0.5, 0.6) is 0 Å². The third kappa shape index (κ3) is 3.64. The van der Waals surface area contributed by atoms with Crippen LogP contribution in [0, 0.1) is 12.8 Å². The van der Waals surface area contributed by atoms with E-state index in [0.29, 0.717) is 36.6 Å². The molecule has 4 rings (SSSR count). The Balaban J connectivity index is 1.41. The fraction of sp³-hybridized carbons (Fsp3) is 0.450. The zero-order valence-corrected chi connectivity index (χ0v) is 14.9. The molecule has 136 valence electrons. The number of hydrogen-bond donors (Lipinski definition) is 2. The summed E-state index contributed by atoms with van der Waals surface area (Å²) in [6.45, 7) is 2.69. The Bertz CT molecular complexity index is 821. The van der Waals surface area contributed by atoms with Gasteiger partial charge in [-0.15, -0.1) is 0 Å². The van der Waals surface area contributed by atoms with Crippen LogP contribution in [0.4, 0.5) is 0 Å². The number of fused-ring (bicyclic) bond motifs is 1. The van der Waals surface area contributed by atoms with Crippen molar-refractivity contribution in [2.24, 2.45) is 5.92 Å². The Morgan fingerprint density at radius 2 is 1.92 bits per heavy atom. The number of carbonyl (C=O) groups is 2. The number of benzene rings is 1. The molecule has 2 aliphatic carbocycles. The summed E-state index contributed by atoms with van der Waals surface area (Å²) >= 11 is 0. The number of rotatable bonds is 5. The normalized spacial score (nSPS) is 18.9. The molecule has 2 aromatic rings. The SMILES string of the molecule is Cc1ccc(C(=O)NC2CCc3onc(C(=O)NCC4CC4)c3C2)cc1. The van der Waals surface area contributed by atoms with E-state index in [1.165, 1.54) is 12.8 Å². The average molecular weight is 353 g/mol. The highest BCUT2D eigenvalue weighted by Crippen LogP contribution is 2.28. The second-order valence-electron chi connectivity index (χ2n) is 7.37. The highest BCUT2D eigenvalue weighted by Gasteiger charge is 2.30. The standard InChI is InChI=1S/C20H23N3O3/c1-12-2-6-14(7-3-12)19(24)22-15-8-9-17-16(10-15)18(23-26-17)20(25)21-11-13-4-5-13/h2-3,6-7,13,15H,4-5,8-11H2,1H3,(H,21,25)(H,22,24). The van der Waals surface area contributed by atoms with E-state index >= 15 is 0 Å². The Morgan fingerprint density at radius 3 is 2.65 bits per heavy atom. The number of aromatic nitrogens is 1. The van der Waals surface area contributed by atoms with Gasteiger partial charge in [-0.2, -0.15) is 0 Å². The van der Waals surface area contributed by atoms with Gasteiger partial charge in [0.1, 0.15) is 5.76 Å². The Hall–Kier alpha value is -2.63. The molecule has 1 fully saturated rings. The van der Waals surface area contributed by atoms with Gasteiger partial charge in [-0.1, -0.05) is 22.9 Å². The number of nitrogens with zero attached hydrogens (tertiary/aromatic N) is 1. The van der Waals surface area contributed by atoms with Crippen LogP contribution in [0.1, 0.15) is 57.0 Å². The van der Waals surface area contributed by atoms with Crippen molar-refractivity contribution in [3.05, 3.63) is 52.4 Å². The van der Waals surface area contributed by atoms with E-state index in [-0.39, 0.29) is 17.9 Å². The van der Waals surface area contributed by atoms with Crippen molar-refractivity contribution in [1.29, 1.82) is 0 Å². The van der Waals surface area contributed by atoms with E-state index in [1.54, 1.807) is 0 Å². The van der Waals surface area contributed by atoms with Crippen molar-refractivity contribution in [1.82, 2.24) is 15.8 Å². The number of hydrogen-bond acceptors (Lipinski definition) is 4. The van der Waals surface area contributed by atoms with Crippen molar-refractivity contribution in [2.45, 2.75) is 45.1 Å². The van der Waals surface area contributed by atoms with Gasteiger partial charge in [0.2, 0.25) is 0 Å². The van der Waals surface area contributed by atoms with Crippen molar-refractivity contribution < 1.29 is 14.1 Å². The zero-order valence-electron chi connectivity index (χ0n) is 14.9.